The number of benzene rings is 2. The lowest BCUT2D eigenvalue weighted by atomic mass is 9.93. The quantitative estimate of drug-likeness (QED) is 0.249. The average Bonchev–Trinajstić information content (AvgIpc) is 3.47. The van der Waals surface area contributed by atoms with Gasteiger partial charge in [-0.3, -0.25) is 9.98 Å². The van der Waals surface area contributed by atoms with E-state index in [0.29, 0.717) is 23.7 Å². The molecule has 4 rings (SSSR count). The standard InChI is InChI=1S/C37H50N4/c1-23(2)30-15-13-16-31(24(3)4)36(30)38-27(9)34-21-29(41-19-11-12-20-41)22-35(40-34)28(10)39-37-32(25(5)6)17-14-18-33(37)26(7)8/h13-18,21-26H,11-12,19-20H2,1-10H3. The SMILES string of the molecule is CC(=Nc1c(C(C)C)cccc1C(C)C)c1cc(N2CCCC2)cc(C(C)=Nc2c(C(C)C)cccc2C(C)C)n1. The highest BCUT2D eigenvalue weighted by molar-refractivity contribution is 6.04. The number of anilines is 1. The molecule has 0 unspecified atom stereocenters. The van der Waals surface area contributed by atoms with Gasteiger partial charge >= 0.3 is 0 Å². The van der Waals surface area contributed by atoms with E-state index in [0.717, 1.165) is 47.3 Å². The highest BCUT2D eigenvalue weighted by Gasteiger charge is 2.19. The Labute approximate surface area is 249 Å². The largest absolute Gasteiger partial charge is 0.371 e. The molecule has 0 radical (unpaired) electrons. The first-order chi connectivity index (χ1) is 19.5. The second-order valence-electron chi connectivity index (χ2n) is 12.9. The van der Waals surface area contributed by atoms with E-state index in [4.69, 9.17) is 15.0 Å². The molecule has 1 fully saturated rings. The van der Waals surface area contributed by atoms with Crippen LogP contribution in [0.4, 0.5) is 17.1 Å². The first kappa shape index (κ1) is 30.7. The van der Waals surface area contributed by atoms with Gasteiger partial charge in [0, 0.05) is 18.8 Å². The maximum Gasteiger partial charge on any atom is 0.0870 e. The van der Waals surface area contributed by atoms with Crippen LogP contribution in [0.25, 0.3) is 0 Å². The molecule has 1 aliphatic heterocycles. The predicted octanol–water partition coefficient (Wildman–Crippen LogP) is 10.5. The summed E-state index contributed by atoms with van der Waals surface area (Å²) in [5.41, 5.74) is 12.3. The Morgan fingerprint density at radius 2 is 0.951 bits per heavy atom. The summed E-state index contributed by atoms with van der Waals surface area (Å²) < 4.78 is 0. The van der Waals surface area contributed by atoms with Crippen molar-refractivity contribution >= 4 is 28.5 Å². The van der Waals surface area contributed by atoms with Crippen LogP contribution in [-0.2, 0) is 0 Å². The number of rotatable bonds is 9. The Hall–Kier alpha value is -3.27. The molecule has 1 saturated heterocycles. The molecule has 1 aromatic heterocycles. The summed E-state index contributed by atoms with van der Waals surface area (Å²) in [6, 6.07) is 17.7. The minimum atomic E-state index is 0.394. The van der Waals surface area contributed by atoms with Crippen molar-refractivity contribution in [3.63, 3.8) is 0 Å². The van der Waals surface area contributed by atoms with E-state index in [1.807, 2.05) is 0 Å². The van der Waals surface area contributed by atoms with Crippen molar-refractivity contribution in [1.82, 2.24) is 4.98 Å². The Morgan fingerprint density at radius 1 is 0.610 bits per heavy atom. The third kappa shape index (κ3) is 6.97. The van der Waals surface area contributed by atoms with Crippen LogP contribution in [0.5, 0.6) is 0 Å². The number of aromatic nitrogens is 1. The molecule has 0 spiro atoms. The van der Waals surface area contributed by atoms with Gasteiger partial charge in [-0.25, -0.2) is 4.98 Å². The van der Waals surface area contributed by atoms with Crippen LogP contribution in [0.2, 0.25) is 0 Å². The van der Waals surface area contributed by atoms with Gasteiger partial charge in [0.05, 0.1) is 34.2 Å². The lowest BCUT2D eigenvalue weighted by Crippen LogP contribution is -2.19. The number of para-hydroxylation sites is 2. The fraction of sp³-hybridized carbons (Fsp3) is 0.486. The molecule has 4 nitrogen and oxygen atoms in total. The van der Waals surface area contributed by atoms with Crippen LogP contribution in [0, 0.1) is 0 Å². The fourth-order valence-electron chi connectivity index (χ4n) is 5.78. The third-order valence-corrected chi connectivity index (χ3v) is 8.27. The van der Waals surface area contributed by atoms with Gasteiger partial charge in [-0.15, -0.1) is 0 Å². The van der Waals surface area contributed by atoms with E-state index in [1.165, 1.54) is 40.8 Å². The van der Waals surface area contributed by atoms with Crippen LogP contribution in [-0.4, -0.2) is 29.5 Å². The second-order valence-corrected chi connectivity index (χ2v) is 12.9. The van der Waals surface area contributed by atoms with Gasteiger partial charge in [-0.1, -0.05) is 91.8 Å². The second kappa shape index (κ2) is 13.1. The van der Waals surface area contributed by atoms with E-state index >= 15 is 0 Å². The van der Waals surface area contributed by atoms with Crippen LogP contribution in [0.15, 0.2) is 58.5 Å². The van der Waals surface area contributed by atoms with E-state index in [1.54, 1.807) is 0 Å². The zero-order chi connectivity index (χ0) is 29.8. The van der Waals surface area contributed by atoms with Crippen LogP contribution in [0.1, 0.15) is 139 Å². The van der Waals surface area contributed by atoms with Gasteiger partial charge < -0.3 is 4.90 Å². The maximum absolute atomic E-state index is 5.29. The van der Waals surface area contributed by atoms with E-state index in [2.05, 4.69) is 123 Å². The number of nitrogens with zero attached hydrogens (tertiary/aromatic N) is 4. The van der Waals surface area contributed by atoms with Crippen molar-refractivity contribution in [1.29, 1.82) is 0 Å². The lowest BCUT2D eigenvalue weighted by molar-refractivity contribution is 0.834. The summed E-state index contributed by atoms with van der Waals surface area (Å²) in [6.45, 7) is 24.4. The summed E-state index contributed by atoms with van der Waals surface area (Å²) in [5, 5.41) is 0. The molecule has 0 aliphatic carbocycles. The zero-order valence-corrected chi connectivity index (χ0v) is 27.0. The molecule has 2 heterocycles. The van der Waals surface area contributed by atoms with Gasteiger partial charge in [-0.2, -0.15) is 0 Å². The Kier molecular flexibility index (Phi) is 9.84. The Balaban J connectivity index is 1.89. The van der Waals surface area contributed by atoms with Crippen molar-refractivity contribution in [3.8, 4) is 0 Å². The molecule has 0 N–H and O–H groups in total. The van der Waals surface area contributed by atoms with Gasteiger partial charge in [0.1, 0.15) is 0 Å². The van der Waals surface area contributed by atoms with Crippen molar-refractivity contribution in [3.05, 3.63) is 82.2 Å². The smallest absolute Gasteiger partial charge is 0.0870 e. The molecule has 2 aromatic carbocycles. The van der Waals surface area contributed by atoms with E-state index in [9.17, 15) is 0 Å². The topological polar surface area (TPSA) is 40.9 Å². The van der Waals surface area contributed by atoms with Crippen molar-refractivity contribution in [2.45, 2.75) is 106 Å². The van der Waals surface area contributed by atoms with Crippen molar-refractivity contribution < 1.29 is 0 Å². The molecule has 3 aromatic rings. The van der Waals surface area contributed by atoms with Gasteiger partial charge in [-0.05, 0) is 84.7 Å². The Morgan fingerprint density at radius 3 is 1.27 bits per heavy atom. The lowest BCUT2D eigenvalue weighted by Gasteiger charge is -2.21. The summed E-state index contributed by atoms with van der Waals surface area (Å²) in [7, 11) is 0. The summed E-state index contributed by atoms with van der Waals surface area (Å²) in [4.78, 5) is 18.3. The third-order valence-electron chi connectivity index (χ3n) is 8.27. The fourth-order valence-corrected chi connectivity index (χ4v) is 5.78. The maximum atomic E-state index is 5.29. The normalized spacial score (nSPS) is 14.8. The molecule has 0 saturated carbocycles. The zero-order valence-electron chi connectivity index (χ0n) is 27.0. The van der Waals surface area contributed by atoms with E-state index < -0.39 is 0 Å². The molecular weight excluding hydrogens is 500 g/mol. The van der Waals surface area contributed by atoms with Crippen LogP contribution >= 0.6 is 0 Å². The average molecular weight is 551 g/mol. The van der Waals surface area contributed by atoms with Crippen molar-refractivity contribution in [2.75, 3.05) is 18.0 Å². The first-order valence-electron chi connectivity index (χ1n) is 15.6. The molecule has 4 heteroatoms. The molecule has 218 valence electrons. The first-order valence-corrected chi connectivity index (χ1v) is 15.6. The number of hydrogen-bond acceptors (Lipinski definition) is 4. The number of aliphatic imine (C=N–C) groups is 2. The molecule has 0 amide bonds. The van der Waals surface area contributed by atoms with E-state index in [-0.39, 0.29) is 0 Å². The Bertz CT molecular complexity index is 1270. The molecule has 0 bridgehead atoms. The predicted molar refractivity (Wildman–Crippen MR) is 179 cm³/mol. The van der Waals surface area contributed by atoms with Gasteiger partial charge in [0.2, 0.25) is 0 Å². The minimum Gasteiger partial charge on any atom is -0.371 e. The van der Waals surface area contributed by atoms with Gasteiger partial charge in [0.15, 0.2) is 0 Å². The molecular formula is C37H50N4. The summed E-state index contributed by atoms with van der Waals surface area (Å²) >= 11 is 0. The summed E-state index contributed by atoms with van der Waals surface area (Å²) in [5.74, 6) is 1.58. The highest BCUT2D eigenvalue weighted by Crippen LogP contribution is 2.37. The minimum absolute atomic E-state index is 0.394. The summed E-state index contributed by atoms with van der Waals surface area (Å²) in [6.07, 6.45) is 2.46. The molecule has 1 aliphatic rings. The van der Waals surface area contributed by atoms with Crippen LogP contribution < -0.4 is 4.90 Å². The molecule has 41 heavy (non-hydrogen) atoms. The number of pyridine rings is 1. The highest BCUT2D eigenvalue weighted by atomic mass is 15.1. The van der Waals surface area contributed by atoms with Crippen LogP contribution in [0.3, 0.4) is 0 Å². The van der Waals surface area contributed by atoms with Gasteiger partial charge in [0.25, 0.3) is 0 Å². The monoisotopic (exact) mass is 550 g/mol. The number of hydrogen-bond donors (Lipinski definition) is 0. The molecule has 0 atom stereocenters. The van der Waals surface area contributed by atoms with Crippen molar-refractivity contribution in [2.24, 2.45) is 9.98 Å².